The molecule has 0 radical (unpaired) electrons. The first-order valence-electron chi connectivity index (χ1n) is 11.0. The first-order valence-corrected chi connectivity index (χ1v) is 11.0. The molecular weight excluding hydrogens is 424 g/mol. The Morgan fingerprint density at radius 2 is 1.97 bits per heavy atom. The lowest BCUT2D eigenvalue weighted by Crippen LogP contribution is -2.51. The number of carbonyl (C=O) groups is 3. The molecule has 33 heavy (non-hydrogen) atoms. The second kappa shape index (κ2) is 7.65. The Morgan fingerprint density at radius 3 is 2.67 bits per heavy atom. The van der Waals surface area contributed by atoms with Gasteiger partial charge in [-0.15, -0.1) is 0 Å². The Hall–Kier alpha value is -3.81. The maximum absolute atomic E-state index is 14.1. The van der Waals surface area contributed by atoms with Crippen LogP contribution in [0.2, 0.25) is 0 Å². The highest BCUT2D eigenvalue weighted by molar-refractivity contribution is 6.23. The molecule has 0 saturated heterocycles. The van der Waals surface area contributed by atoms with Crippen LogP contribution in [0.3, 0.4) is 0 Å². The molecule has 3 heterocycles. The molecule has 0 unspecified atom stereocenters. The van der Waals surface area contributed by atoms with Crippen molar-refractivity contribution in [3.63, 3.8) is 0 Å². The number of rotatable bonds is 4. The highest BCUT2D eigenvalue weighted by Gasteiger charge is 2.64. The average molecular weight is 448 g/mol. The second-order valence-electron chi connectivity index (χ2n) is 8.22. The van der Waals surface area contributed by atoms with Crippen LogP contribution in [0.25, 0.3) is 0 Å². The Bertz CT molecular complexity index is 1230. The van der Waals surface area contributed by atoms with Crippen LogP contribution in [0, 0.1) is 0 Å². The number of fused-ring (bicyclic) bond motifs is 3. The number of ketones is 1. The van der Waals surface area contributed by atoms with Gasteiger partial charge in [0, 0.05) is 36.6 Å². The zero-order valence-electron chi connectivity index (χ0n) is 18.4. The second-order valence-corrected chi connectivity index (χ2v) is 8.22. The Labute approximate surface area is 190 Å². The fraction of sp³-hybridized carbons (Fsp3) is 0.320. The van der Waals surface area contributed by atoms with Crippen LogP contribution in [0.15, 0.2) is 69.9 Å². The van der Waals surface area contributed by atoms with Crippen molar-refractivity contribution in [3.05, 3.63) is 76.8 Å². The number of benzene rings is 1. The maximum atomic E-state index is 14.1. The molecule has 8 nitrogen and oxygen atoms in total. The summed E-state index contributed by atoms with van der Waals surface area (Å²) >= 11 is 0. The molecule has 170 valence electrons. The number of likely N-dealkylation sites (N-methyl/N-ethyl adjacent to an activating group) is 1. The van der Waals surface area contributed by atoms with Crippen molar-refractivity contribution in [1.29, 1.82) is 0 Å². The number of furan rings is 1. The Balaban J connectivity index is 1.78. The van der Waals surface area contributed by atoms with Crippen LogP contribution in [-0.2, 0) is 29.3 Å². The van der Waals surface area contributed by atoms with Gasteiger partial charge in [0.25, 0.3) is 0 Å². The number of nitrogens with zero attached hydrogens (tertiary/aromatic N) is 1. The topological polar surface area (TPSA) is 112 Å². The van der Waals surface area contributed by atoms with Gasteiger partial charge in [0.05, 0.1) is 18.4 Å². The molecule has 2 aromatic rings. The van der Waals surface area contributed by atoms with Gasteiger partial charge in [-0.3, -0.25) is 9.59 Å². The minimum Gasteiger partial charge on any atom is -0.469 e. The first-order chi connectivity index (χ1) is 15.9. The van der Waals surface area contributed by atoms with Gasteiger partial charge in [0.15, 0.2) is 5.78 Å². The predicted molar refractivity (Wildman–Crippen MR) is 118 cm³/mol. The lowest BCUT2D eigenvalue weighted by atomic mass is 9.63. The minimum absolute atomic E-state index is 0.0828. The van der Waals surface area contributed by atoms with Gasteiger partial charge in [0.1, 0.15) is 22.5 Å². The zero-order chi connectivity index (χ0) is 23.3. The summed E-state index contributed by atoms with van der Waals surface area (Å²) in [5.41, 5.74) is 5.79. The number of Topliss-reactive ketones (excluding diaryl/α,β-unsaturated/α-hetero) is 1. The maximum Gasteiger partial charge on any atom is 0.341 e. The highest BCUT2D eigenvalue weighted by Crippen LogP contribution is 2.57. The van der Waals surface area contributed by atoms with E-state index in [4.69, 9.17) is 19.6 Å². The van der Waals surface area contributed by atoms with Crippen LogP contribution < -0.4 is 10.6 Å². The summed E-state index contributed by atoms with van der Waals surface area (Å²) in [6, 6.07) is 10.7. The smallest absolute Gasteiger partial charge is 0.341 e. The summed E-state index contributed by atoms with van der Waals surface area (Å²) in [6.07, 6.45) is 1.99. The molecule has 0 fully saturated rings. The zero-order valence-corrected chi connectivity index (χ0v) is 18.4. The number of ether oxygens (including phenoxy) is 2. The molecule has 2 N–H and O–H groups in total. The van der Waals surface area contributed by atoms with Crippen molar-refractivity contribution in [2.75, 3.05) is 18.1 Å². The monoisotopic (exact) mass is 448 g/mol. The number of allylic oxidation sites excluding steroid dienone is 1. The molecule has 2 aliphatic heterocycles. The van der Waals surface area contributed by atoms with Crippen molar-refractivity contribution >= 4 is 23.3 Å². The fourth-order valence-electron chi connectivity index (χ4n) is 5.32. The molecule has 2 atom stereocenters. The van der Waals surface area contributed by atoms with Crippen LogP contribution in [0.1, 0.15) is 43.9 Å². The van der Waals surface area contributed by atoms with Crippen molar-refractivity contribution in [2.24, 2.45) is 5.73 Å². The largest absolute Gasteiger partial charge is 0.469 e. The van der Waals surface area contributed by atoms with Gasteiger partial charge in [0.2, 0.25) is 11.8 Å². The average Bonchev–Trinajstić information content (AvgIpc) is 3.40. The molecule has 0 saturated carbocycles. The van der Waals surface area contributed by atoms with E-state index in [-0.39, 0.29) is 41.8 Å². The standard InChI is InChI=1S/C25H24N2O6/c1-3-27-16-9-6-5-8-15(16)25(24(27)30)20-17(28)12-14(18-10-7-11-32-18)13-19(20)33-22(26)21(25)23(29)31-4-2/h5-11,14H,3-4,12-13,26H2,1-2H3/t14-,25+/m0/s1. The van der Waals surface area contributed by atoms with E-state index >= 15 is 0 Å². The number of hydrogen-bond acceptors (Lipinski definition) is 7. The van der Waals surface area contributed by atoms with E-state index in [0.717, 1.165) is 0 Å². The van der Waals surface area contributed by atoms with E-state index in [1.807, 2.05) is 13.0 Å². The van der Waals surface area contributed by atoms with E-state index in [0.29, 0.717) is 35.7 Å². The minimum atomic E-state index is -1.71. The van der Waals surface area contributed by atoms with Gasteiger partial charge in [-0.25, -0.2) is 4.79 Å². The van der Waals surface area contributed by atoms with Crippen molar-refractivity contribution in [3.8, 4) is 0 Å². The molecule has 8 heteroatoms. The lowest BCUT2D eigenvalue weighted by molar-refractivity contribution is -0.141. The van der Waals surface area contributed by atoms with Gasteiger partial charge in [-0.1, -0.05) is 18.2 Å². The van der Waals surface area contributed by atoms with E-state index < -0.39 is 17.3 Å². The van der Waals surface area contributed by atoms with Gasteiger partial charge in [-0.05, 0) is 32.0 Å². The third-order valence-electron chi connectivity index (χ3n) is 6.56. The SMILES string of the molecule is CCOC(=O)C1=C(N)OC2=C(C(=O)C[C@H](c3ccco3)C2)[C@@]12C(=O)N(CC)c1ccccc12. The Morgan fingerprint density at radius 1 is 1.18 bits per heavy atom. The lowest BCUT2D eigenvalue weighted by Gasteiger charge is -2.40. The fourth-order valence-corrected chi connectivity index (χ4v) is 5.32. The summed E-state index contributed by atoms with van der Waals surface area (Å²) in [6.45, 7) is 3.95. The number of amides is 1. The first kappa shape index (κ1) is 21.1. The van der Waals surface area contributed by atoms with Gasteiger partial charge in [-0.2, -0.15) is 0 Å². The number of esters is 1. The molecule has 1 amide bonds. The normalized spacial score (nSPS) is 24.2. The summed E-state index contributed by atoms with van der Waals surface area (Å²) in [5.74, 6) is -0.996. The van der Waals surface area contributed by atoms with Crippen molar-refractivity contribution in [2.45, 2.75) is 38.0 Å². The van der Waals surface area contributed by atoms with Crippen LogP contribution in [0.4, 0.5) is 5.69 Å². The molecule has 0 bridgehead atoms. The van der Waals surface area contributed by atoms with Crippen molar-refractivity contribution < 1.29 is 28.3 Å². The van der Waals surface area contributed by atoms with E-state index in [1.165, 1.54) is 0 Å². The van der Waals surface area contributed by atoms with Crippen LogP contribution in [0.5, 0.6) is 0 Å². The predicted octanol–water partition coefficient (Wildman–Crippen LogP) is 3.05. The number of carbonyl (C=O) groups excluding carboxylic acids is 3. The van der Waals surface area contributed by atoms with E-state index in [2.05, 4.69) is 0 Å². The quantitative estimate of drug-likeness (QED) is 0.716. The molecule has 1 aromatic heterocycles. The molecule has 1 spiro atoms. The number of anilines is 1. The summed E-state index contributed by atoms with van der Waals surface area (Å²) in [5, 5.41) is 0. The molecule has 5 rings (SSSR count). The highest BCUT2D eigenvalue weighted by atomic mass is 16.5. The molecule has 1 aliphatic carbocycles. The summed E-state index contributed by atoms with van der Waals surface area (Å²) < 4.78 is 16.7. The number of para-hydroxylation sites is 1. The van der Waals surface area contributed by atoms with Gasteiger partial charge < -0.3 is 24.5 Å². The molecular formula is C25H24N2O6. The summed E-state index contributed by atoms with van der Waals surface area (Å²) in [7, 11) is 0. The van der Waals surface area contributed by atoms with E-state index in [1.54, 1.807) is 48.4 Å². The van der Waals surface area contributed by atoms with Crippen LogP contribution in [-0.4, -0.2) is 30.8 Å². The molecule has 3 aliphatic rings. The number of nitrogens with two attached hydrogens (primary N) is 1. The third-order valence-corrected chi connectivity index (χ3v) is 6.56. The summed E-state index contributed by atoms with van der Waals surface area (Å²) in [4.78, 5) is 42.6. The third kappa shape index (κ3) is 2.79. The molecule has 1 aromatic carbocycles. The number of hydrogen-bond donors (Lipinski definition) is 1. The Kier molecular flexibility index (Phi) is 4.88. The van der Waals surface area contributed by atoms with Crippen LogP contribution >= 0.6 is 0 Å². The van der Waals surface area contributed by atoms with E-state index in [9.17, 15) is 14.4 Å². The van der Waals surface area contributed by atoms with Crippen molar-refractivity contribution in [1.82, 2.24) is 0 Å². The van der Waals surface area contributed by atoms with Gasteiger partial charge >= 0.3 is 5.97 Å².